The van der Waals surface area contributed by atoms with Gasteiger partial charge in [0.25, 0.3) is 0 Å². The molecule has 0 aliphatic carbocycles. The standard InChI is InChI=1S/C25H22N2O/c28-18-23-22-12-6-7-13-24(22)27-15-14-26(16-19-8-2-1-3-9-19)17-20-10-4-5-11-21(20)25(23)27/h1-13,18H,14-17H2. The molecule has 3 heteroatoms. The molecule has 1 aromatic heterocycles. The summed E-state index contributed by atoms with van der Waals surface area (Å²) in [5.41, 5.74) is 6.76. The Labute approximate surface area is 164 Å². The van der Waals surface area contributed by atoms with Crippen LogP contribution < -0.4 is 0 Å². The highest BCUT2D eigenvalue weighted by Crippen LogP contribution is 2.36. The minimum Gasteiger partial charge on any atom is -0.339 e. The van der Waals surface area contributed by atoms with Gasteiger partial charge in [-0.1, -0.05) is 72.8 Å². The average Bonchev–Trinajstić information content (AvgIpc) is 3.04. The van der Waals surface area contributed by atoms with E-state index < -0.39 is 0 Å². The molecule has 138 valence electrons. The van der Waals surface area contributed by atoms with E-state index in [1.165, 1.54) is 16.7 Å². The molecule has 0 spiro atoms. The first kappa shape index (κ1) is 17.0. The minimum atomic E-state index is 0.805. The first-order valence-electron chi connectivity index (χ1n) is 9.76. The Morgan fingerprint density at radius 3 is 2.43 bits per heavy atom. The van der Waals surface area contributed by atoms with Crippen molar-refractivity contribution in [3.05, 3.63) is 95.6 Å². The summed E-state index contributed by atoms with van der Waals surface area (Å²) in [5, 5.41) is 1.04. The summed E-state index contributed by atoms with van der Waals surface area (Å²) in [6.07, 6.45) is 1.02. The van der Waals surface area contributed by atoms with Gasteiger partial charge in [0.05, 0.1) is 5.69 Å². The Hall–Kier alpha value is -3.17. The lowest BCUT2D eigenvalue weighted by molar-refractivity contribution is 0.112. The molecule has 0 saturated heterocycles. The monoisotopic (exact) mass is 366 g/mol. The van der Waals surface area contributed by atoms with E-state index in [0.717, 1.165) is 54.6 Å². The van der Waals surface area contributed by atoms with Gasteiger partial charge in [-0.25, -0.2) is 0 Å². The van der Waals surface area contributed by atoms with Crippen LogP contribution in [0.15, 0.2) is 78.9 Å². The third-order valence-corrected chi connectivity index (χ3v) is 5.68. The van der Waals surface area contributed by atoms with E-state index in [1.54, 1.807) is 0 Å². The van der Waals surface area contributed by atoms with Crippen molar-refractivity contribution in [3.63, 3.8) is 0 Å². The Balaban J connectivity index is 1.66. The Morgan fingerprint density at radius 1 is 0.821 bits per heavy atom. The predicted molar refractivity (Wildman–Crippen MR) is 113 cm³/mol. The van der Waals surface area contributed by atoms with Crippen LogP contribution >= 0.6 is 0 Å². The van der Waals surface area contributed by atoms with Crippen LogP contribution in [0.5, 0.6) is 0 Å². The van der Waals surface area contributed by atoms with Crippen LogP contribution in [-0.2, 0) is 19.6 Å². The largest absolute Gasteiger partial charge is 0.339 e. The molecule has 1 aliphatic rings. The van der Waals surface area contributed by atoms with Gasteiger partial charge in [0.2, 0.25) is 0 Å². The Morgan fingerprint density at radius 2 is 1.57 bits per heavy atom. The number of benzene rings is 3. The number of hydrogen-bond donors (Lipinski definition) is 0. The number of carbonyl (C=O) groups excluding carboxylic acids is 1. The van der Waals surface area contributed by atoms with Crippen molar-refractivity contribution in [2.75, 3.05) is 6.54 Å². The van der Waals surface area contributed by atoms with E-state index in [4.69, 9.17) is 0 Å². The molecule has 2 heterocycles. The molecule has 1 aliphatic heterocycles. The molecule has 0 N–H and O–H groups in total. The van der Waals surface area contributed by atoms with Crippen LogP contribution in [0.2, 0.25) is 0 Å². The Kier molecular flexibility index (Phi) is 4.30. The fourth-order valence-corrected chi connectivity index (χ4v) is 4.40. The molecule has 0 amide bonds. The minimum absolute atomic E-state index is 0.805. The predicted octanol–water partition coefficient (Wildman–Crippen LogP) is 5.14. The van der Waals surface area contributed by atoms with E-state index in [-0.39, 0.29) is 0 Å². The van der Waals surface area contributed by atoms with Crippen molar-refractivity contribution >= 4 is 17.2 Å². The number of aromatic nitrogens is 1. The van der Waals surface area contributed by atoms with Gasteiger partial charge < -0.3 is 4.57 Å². The molecular weight excluding hydrogens is 344 g/mol. The normalized spacial score (nSPS) is 14.1. The van der Waals surface area contributed by atoms with Crippen molar-refractivity contribution in [1.82, 2.24) is 9.47 Å². The molecule has 0 saturated carbocycles. The average molecular weight is 366 g/mol. The van der Waals surface area contributed by atoms with E-state index in [9.17, 15) is 4.79 Å². The number of nitrogens with zero attached hydrogens (tertiary/aromatic N) is 2. The number of rotatable bonds is 3. The first-order valence-corrected chi connectivity index (χ1v) is 9.76. The van der Waals surface area contributed by atoms with Gasteiger partial charge in [0.15, 0.2) is 6.29 Å². The van der Waals surface area contributed by atoms with E-state index in [2.05, 4.69) is 82.3 Å². The molecule has 0 radical (unpaired) electrons. The Bertz CT molecular complexity index is 1140. The molecule has 3 aromatic carbocycles. The maximum absolute atomic E-state index is 12.0. The van der Waals surface area contributed by atoms with Gasteiger partial charge >= 0.3 is 0 Å². The smallest absolute Gasteiger partial charge is 0.152 e. The quantitative estimate of drug-likeness (QED) is 0.469. The zero-order valence-electron chi connectivity index (χ0n) is 15.7. The molecule has 4 aromatic rings. The molecule has 5 rings (SSSR count). The number of fused-ring (bicyclic) bond motifs is 5. The van der Waals surface area contributed by atoms with Gasteiger partial charge in [-0.05, 0) is 17.2 Å². The van der Waals surface area contributed by atoms with Crippen LogP contribution in [0, 0.1) is 0 Å². The van der Waals surface area contributed by atoms with Crippen molar-refractivity contribution in [2.24, 2.45) is 0 Å². The molecular formula is C25H22N2O. The maximum Gasteiger partial charge on any atom is 0.152 e. The zero-order valence-corrected chi connectivity index (χ0v) is 15.7. The van der Waals surface area contributed by atoms with E-state index in [0.29, 0.717) is 0 Å². The summed E-state index contributed by atoms with van der Waals surface area (Å²) in [5.74, 6) is 0. The summed E-state index contributed by atoms with van der Waals surface area (Å²) < 4.78 is 2.33. The van der Waals surface area contributed by atoms with Gasteiger partial charge in [-0.2, -0.15) is 0 Å². The summed E-state index contributed by atoms with van der Waals surface area (Å²) in [7, 11) is 0. The van der Waals surface area contributed by atoms with Crippen LogP contribution in [0.1, 0.15) is 21.5 Å². The molecule has 3 nitrogen and oxygen atoms in total. The number of para-hydroxylation sites is 1. The third-order valence-electron chi connectivity index (χ3n) is 5.68. The number of aldehydes is 1. The van der Waals surface area contributed by atoms with Crippen molar-refractivity contribution in [2.45, 2.75) is 19.6 Å². The highest BCUT2D eigenvalue weighted by atomic mass is 16.1. The summed E-state index contributed by atoms with van der Waals surface area (Å²) in [6.45, 7) is 3.60. The van der Waals surface area contributed by atoms with Crippen molar-refractivity contribution in [1.29, 1.82) is 0 Å². The van der Waals surface area contributed by atoms with Gasteiger partial charge in [-0.15, -0.1) is 0 Å². The lowest BCUT2D eigenvalue weighted by atomic mass is 9.99. The van der Waals surface area contributed by atoms with E-state index >= 15 is 0 Å². The maximum atomic E-state index is 12.0. The zero-order chi connectivity index (χ0) is 18.9. The molecule has 28 heavy (non-hydrogen) atoms. The van der Waals surface area contributed by atoms with Gasteiger partial charge in [0.1, 0.15) is 0 Å². The fraction of sp³-hybridized carbons (Fsp3) is 0.160. The number of carbonyl (C=O) groups is 1. The van der Waals surface area contributed by atoms with E-state index in [1.807, 2.05) is 6.07 Å². The molecule has 0 unspecified atom stereocenters. The van der Waals surface area contributed by atoms with Crippen LogP contribution in [0.4, 0.5) is 0 Å². The summed E-state index contributed by atoms with van der Waals surface area (Å²) >= 11 is 0. The van der Waals surface area contributed by atoms with Crippen LogP contribution in [-0.4, -0.2) is 22.3 Å². The van der Waals surface area contributed by atoms with Crippen molar-refractivity contribution < 1.29 is 4.79 Å². The SMILES string of the molecule is O=Cc1c2n(c3ccccc13)CCN(Cc1ccccc1)Cc1ccccc1-2. The second kappa shape index (κ2) is 7.10. The molecule has 0 fully saturated rings. The van der Waals surface area contributed by atoms with Crippen LogP contribution in [0.25, 0.3) is 22.2 Å². The van der Waals surface area contributed by atoms with Crippen molar-refractivity contribution in [3.8, 4) is 11.3 Å². The summed E-state index contributed by atoms with van der Waals surface area (Å²) in [4.78, 5) is 14.5. The third kappa shape index (κ3) is 2.85. The van der Waals surface area contributed by atoms with Gasteiger partial charge in [0, 0.05) is 48.2 Å². The lowest BCUT2D eigenvalue weighted by Crippen LogP contribution is -2.29. The van der Waals surface area contributed by atoms with Crippen LogP contribution in [0.3, 0.4) is 0 Å². The highest BCUT2D eigenvalue weighted by Gasteiger charge is 2.23. The second-order valence-corrected chi connectivity index (χ2v) is 7.40. The summed E-state index contributed by atoms with van der Waals surface area (Å²) in [6, 6.07) is 27.4. The molecule has 0 atom stereocenters. The molecule has 0 bridgehead atoms. The fourth-order valence-electron chi connectivity index (χ4n) is 4.40. The topological polar surface area (TPSA) is 25.2 Å². The second-order valence-electron chi connectivity index (χ2n) is 7.40. The highest BCUT2D eigenvalue weighted by molar-refractivity contribution is 6.05. The lowest BCUT2D eigenvalue weighted by Gasteiger charge is -2.28. The first-order chi connectivity index (χ1) is 13.8. The number of hydrogen-bond acceptors (Lipinski definition) is 2. The van der Waals surface area contributed by atoms with Gasteiger partial charge in [-0.3, -0.25) is 9.69 Å².